The molecule has 0 spiro atoms. The molecule has 0 aliphatic carbocycles. The van der Waals surface area contributed by atoms with Gasteiger partial charge in [-0.2, -0.15) is 4.72 Å². The van der Waals surface area contributed by atoms with Crippen molar-refractivity contribution in [2.45, 2.75) is 24.3 Å². The van der Waals surface area contributed by atoms with E-state index in [0.29, 0.717) is 5.75 Å². The Bertz CT molecular complexity index is 932. The van der Waals surface area contributed by atoms with Gasteiger partial charge >= 0.3 is 0 Å². The molecule has 0 saturated carbocycles. The van der Waals surface area contributed by atoms with Gasteiger partial charge in [0, 0.05) is 4.88 Å². The third-order valence-electron chi connectivity index (χ3n) is 4.19. The van der Waals surface area contributed by atoms with Crippen molar-refractivity contribution in [3.05, 3.63) is 82.0 Å². The Morgan fingerprint density at radius 2 is 1.73 bits per heavy atom. The molecule has 26 heavy (non-hydrogen) atoms. The average Bonchev–Trinajstić information content (AvgIpc) is 3.21. The molecule has 0 fully saturated rings. The summed E-state index contributed by atoms with van der Waals surface area (Å²) in [6, 6.07) is 17.9. The molecule has 136 valence electrons. The van der Waals surface area contributed by atoms with Crippen LogP contribution in [0.5, 0.6) is 5.75 Å². The minimum absolute atomic E-state index is 0.213. The lowest BCUT2D eigenvalue weighted by atomic mass is 10.0. The number of aryl methyl sites for hydroxylation is 1. The van der Waals surface area contributed by atoms with Crippen molar-refractivity contribution in [1.82, 2.24) is 4.72 Å². The molecule has 0 aliphatic heterocycles. The summed E-state index contributed by atoms with van der Waals surface area (Å²) in [6.45, 7) is 2.10. The zero-order valence-electron chi connectivity index (χ0n) is 14.7. The van der Waals surface area contributed by atoms with Crippen LogP contribution in [0.4, 0.5) is 0 Å². The molecule has 3 aromatic rings. The Morgan fingerprint density at radius 3 is 2.27 bits per heavy atom. The Kier molecular flexibility index (Phi) is 5.76. The predicted octanol–water partition coefficient (Wildman–Crippen LogP) is 4.39. The summed E-state index contributed by atoms with van der Waals surface area (Å²) >= 11 is 1.53. The molecule has 4 nitrogen and oxygen atoms in total. The molecule has 0 saturated heterocycles. The van der Waals surface area contributed by atoms with Crippen LogP contribution in [-0.2, 0) is 16.4 Å². The van der Waals surface area contributed by atoms with Gasteiger partial charge < -0.3 is 4.74 Å². The standard InChI is InChI=1S/C20H21NO3S2/c1-3-15-6-8-16(9-7-15)20(19-5-4-14-25-19)21-26(22,23)18-12-10-17(24-2)11-13-18/h4-14,20-21H,3H2,1-2H3/t20-/m1/s1. The third kappa shape index (κ3) is 4.15. The largest absolute Gasteiger partial charge is 0.497 e. The Hall–Kier alpha value is -2.15. The zero-order chi connectivity index (χ0) is 18.6. The fourth-order valence-corrected chi connectivity index (χ4v) is 4.75. The number of nitrogens with one attached hydrogen (secondary N) is 1. The van der Waals surface area contributed by atoms with E-state index in [9.17, 15) is 8.42 Å². The van der Waals surface area contributed by atoms with Crippen molar-refractivity contribution in [3.63, 3.8) is 0 Å². The van der Waals surface area contributed by atoms with Gasteiger partial charge in [0.15, 0.2) is 0 Å². The summed E-state index contributed by atoms with van der Waals surface area (Å²) in [4.78, 5) is 1.16. The van der Waals surface area contributed by atoms with Crippen molar-refractivity contribution in [3.8, 4) is 5.75 Å². The summed E-state index contributed by atoms with van der Waals surface area (Å²) in [6.07, 6.45) is 0.946. The number of thiophene rings is 1. The molecule has 0 unspecified atom stereocenters. The first-order chi connectivity index (χ1) is 12.5. The van der Waals surface area contributed by atoms with Crippen LogP contribution in [0.3, 0.4) is 0 Å². The average molecular weight is 388 g/mol. The van der Waals surface area contributed by atoms with Gasteiger partial charge in [0.25, 0.3) is 0 Å². The van der Waals surface area contributed by atoms with Crippen LogP contribution in [0, 0.1) is 0 Å². The number of methoxy groups -OCH3 is 1. The zero-order valence-corrected chi connectivity index (χ0v) is 16.3. The first-order valence-corrected chi connectivity index (χ1v) is 10.7. The lowest BCUT2D eigenvalue weighted by Crippen LogP contribution is -2.29. The quantitative estimate of drug-likeness (QED) is 0.654. The number of benzene rings is 2. The van der Waals surface area contributed by atoms with Crippen LogP contribution in [0.2, 0.25) is 0 Å². The van der Waals surface area contributed by atoms with Gasteiger partial charge in [-0.05, 0) is 53.3 Å². The third-order valence-corrected chi connectivity index (χ3v) is 6.57. The highest BCUT2D eigenvalue weighted by Gasteiger charge is 2.23. The molecule has 1 atom stereocenters. The van der Waals surface area contributed by atoms with E-state index in [1.54, 1.807) is 31.4 Å². The van der Waals surface area contributed by atoms with Gasteiger partial charge in [0.2, 0.25) is 10.0 Å². The smallest absolute Gasteiger partial charge is 0.241 e. The lowest BCUT2D eigenvalue weighted by molar-refractivity contribution is 0.414. The van der Waals surface area contributed by atoms with E-state index in [4.69, 9.17) is 4.74 Å². The van der Waals surface area contributed by atoms with E-state index in [1.165, 1.54) is 16.9 Å². The second kappa shape index (κ2) is 8.03. The number of hydrogen-bond donors (Lipinski definition) is 1. The van der Waals surface area contributed by atoms with E-state index < -0.39 is 16.1 Å². The van der Waals surface area contributed by atoms with Crippen LogP contribution < -0.4 is 9.46 Å². The number of rotatable bonds is 7. The van der Waals surface area contributed by atoms with Crippen molar-refractivity contribution in [2.75, 3.05) is 7.11 Å². The van der Waals surface area contributed by atoms with Crippen molar-refractivity contribution < 1.29 is 13.2 Å². The highest BCUT2D eigenvalue weighted by Crippen LogP contribution is 2.28. The molecule has 6 heteroatoms. The molecule has 2 aromatic carbocycles. The SMILES string of the molecule is CCc1ccc([C@@H](NS(=O)(=O)c2ccc(OC)cc2)c2cccs2)cc1. The Balaban J connectivity index is 1.94. The van der Waals surface area contributed by atoms with Crippen molar-refractivity contribution in [1.29, 1.82) is 0 Å². The maximum absolute atomic E-state index is 12.9. The highest BCUT2D eigenvalue weighted by molar-refractivity contribution is 7.89. The van der Waals surface area contributed by atoms with Gasteiger partial charge in [-0.25, -0.2) is 8.42 Å². The molecule has 0 amide bonds. The van der Waals surface area contributed by atoms with E-state index >= 15 is 0 Å². The molecular weight excluding hydrogens is 366 g/mol. The summed E-state index contributed by atoms with van der Waals surface area (Å²) in [5, 5.41) is 1.95. The first-order valence-electron chi connectivity index (χ1n) is 8.32. The normalized spacial score (nSPS) is 12.7. The fourth-order valence-electron chi connectivity index (χ4n) is 2.67. The Morgan fingerprint density at radius 1 is 1.04 bits per heavy atom. The lowest BCUT2D eigenvalue weighted by Gasteiger charge is -2.19. The van der Waals surface area contributed by atoms with Crippen LogP contribution in [0.25, 0.3) is 0 Å². The summed E-state index contributed by atoms with van der Waals surface area (Å²) in [5.41, 5.74) is 2.14. The maximum Gasteiger partial charge on any atom is 0.241 e. The second-order valence-electron chi connectivity index (χ2n) is 5.84. The number of hydrogen-bond acceptors (Lipinski definition) is 4. The molecule has 0 aliphatic rings. The molecule has 1 heterocycles. The molecule has 1 N–H and O–H groups in total. The number of sulfonamides is 1. The van der Waals surface area contributed by atoms with Gasteiger partial charge in [0.05, 0.1) is 18.0 Å². The monoisotopic (exact) mass is 387 g/mol. The minimum atomic E-state index is -3.67. The minimum Gasteiger partial charge on any atom is -0.497 e. The van der Waals surface area contributed by atoms with E-state index in [2.05, 4.69) is 11.6 Å². The van der Waals surface area contributed by atoms with Crippen LogP contribution in [0.15, 0.2) is 70.9 Å². The van der Waals surface area contributed by atoms with Crippen LogP contribution in [0.1, 0.15) is 29.0 Å². The van der Waals surface area contributed by atoms with E-state index in [0.717, 1.165) is 16.9 Å². The second-order valence-corrected chi connectivity index (χ2v) is 8.53. The fraction of sp³-hybridized carbons (Fsp3) is 0.200. The highest BCUT2D eigenvalue weighted by atomic mass is 32.2. The van der Waals surface area contributed by atoms with Crippen LogP contribution >= 0.6 is 11.3 Å². The summed E-state index contributed by atoms with van der Waals surface area (Å²) in [5.74, 6) is 0.619. The summed E-state index contributed by atoms with van der Waals surface area (Å²) in [7, 11) is -2.12. The van der Waals surface area contributed by atoms with Gasteiger partial charge in [-0.3, -0.25) is 0 Å². The van der Waals surface area contributed by atoms with Gasteiger partial charge in [0.1, 0.15) is 5.75 Å². The van der Waals surface area contributed by atoms with Crippen molar-refractivity contribution >= 4 is 21.4 Å². The van der Waals surface area contributed by atoms with Crippen LogP contribution in [-0.4, -0.2) is 15.5 Å². The topological polar surface area (TPSA) is 55.4 Å². The molecule has 1 aromatic heterocycles. The maximum atomic E-state index is 12.9. The number of ether oxygens (including phenoxy) is 1. The van der Waals surface area contributed by atoms with Gasteiger partial charge in [-0.1, -0.05) is 37.3 Å². The molecule has 0 bridgehead atoms. The van der Waals surface area contributed by atoms with Gasteiger partial charge in [-0.15, -0.1) is 11.3 Å². The van der Waals surface area contributed by atoms with Crippen molar-refractivity contribution in [2.24, 2.45) is 0 Å². The van der Waals surface area contributed by atoms with E-state index in [-0.39, 0.29) is 4.90 Å². The predicted molar refractivity (Wildman–Crippen MR) is 105 cm³/mol. The first kappa shape index (κ1) is 18.6. The van der Waals surface area contributed by atoms with E-state index in [1.807, 2.05) is 41.8 Å². The molecule has 0 radical (unpaired) electrons. The molecule has 3 rings (SSSR count). The Labute approximate surface area is 158 Å². The summed E-state index contributed by atoms with van der Waals surface area (Å²) < 4.78 is 33.7. The molecular formula is C20H21NO3S2.